The van der Waals surface area contributed by atoms with E-state index < -0.39 is 0 Å². The minimum atomic E-state index is 0. The molecule has 0 rings (SSSR count). The third-order valence-corrected chi connectivity index (χ3v) is 1.98. The molecule has 0 aromatic carbocycles. The molecular formula is C10H22Cl2N2. The van der Waals surface area contributed by atoms with E-state index in [4.69, 9.17) is 11.6 Å². The normalized spacial score (nSPS) is 12.3. The Labute approximate surface area is 99.1 Å². The summed E-state index contributed by atoms with van der Waals surface area (Å²) in [5.41, 5.74) is 0. The largest absolute Gasteiger partial charge is 0.342 e. The van der Waals surface area contributed by atoms with Gasteiger partial charge < -0.3 is 4.90 Å². The molecule has 0 aliphatic rings. The quantitative estimate of drug-likeness (QED) is 0.419. The van der Waals surface area contributed by atoms with Crippen LogP contribution in [0, 0.1) is 0 Å². The summed E-state index contributed by atoms with van der Waals surface area (Å²) in [6.07, 6.45) is 0. The number of amidine groups is 1. The van der Waals surface area contributed by atoms with Crippen molar-refractivity contribution in [3.63, 3.8) is 0 Å². The lowest BCUT2D eigenvalue weighted by Crippen LogP contribution is -2.40. The Morgan fingerprint density at radius 3 is 1.57 bits per heavy atom. The maximum Gasteiger partial charge on any atom is 0.194 e. The van der Waals surface area contributed by atoms with Gasteiger partial charge in [-0.1, -0.05) is 0 Å². The second kappa shape index (κ2) is 7.36. The van der Waals surface area contributed by atoms with Crippen molar-refractivity contribution in [2.45, 2.75) is 59.7 Å². The molecule has 0 atom stereocenters. The number of halogens is 2. The van der Waals surface area contributed by atoms with Crippen LogP contribution in [0.2, 0.25) is 0 Å². The van der Waals surface area contributed by atoms with Crippen LogP contribution in [0.25, 0.3) is 0 Å². The molecule has 0 N–H and O–H groups in total. The molecule has 0 aromatic rings. The van der Waals surface area contributed by atoms with Crippen molar-refractivity contribution in [3.05, 3.63) is 0 Å². The van der Waals surface area contributed by atoms with Crippen molar-refractivity contribution in [3.8, 4) is 0 Å². The second-order valence-corrected chi connectivity index (χ2v) is 4.42. The average molecular weight is 241 g/mol. The Bertz CT molecular complexity index is 169. The standard InChI is InChI=1S/C10H21ClN2.ClH/c1-7(2)12-10(11)13(8(3)4)9(5)6;/h7-9H,1-6H3;1H. The van der Waals surface area contributed by atoms with Crippen molar-refractivity contribution in [2.24, 2.45) is 4.99 Å². The van der Waals surface area contributed by atoms with Crippen molar-refractivity contribution in [1.82, 2.24) is 4.90 Å². The minimum absolute atomic E-state index is 0. The van der Waals surface area contributed by atoms with Crippen LogP contribution < -0.4 is 0 Å². The molecule has 0 spiro atoms. The van der Waals surface area contributed by atoms with E-state index >= 15 is 0 Å². The van der Waals surface area contributed by atoms with Crippen LogP contribution in [-0.4, -0.2) is 28.3 Å². The van der Waals surface area contributed by atoms with Crippen LogP contribution in [0.15, 0.2) is 4.99 Å². The van der Waals surface area contributed by atoms with Gasteiger partial charge in [0.05, 0.1) is 0 Å². The molecule has 86 valence electrons. The molecule has 0 amide bonds. The zero-order chi connectivity index (χ0) is 10.6. The summed E-state index contributed by atoms with van der Waals surface area (Å²) in [6, 6.07) is 1.05. The van der Waals surface area contributed by atoms with Gasteiger partial charge in [0.1, 0.15) is 0 Å². The van der Waals surface area contributed by atoms with Crippen LogP contribution in [0.4, 0.5) is 0 Å². The highest BCUT2D eigenvalue weighted by molar-refractivity contribution is 6.64. The molecule has 0 fully saturated rings. The van der Waals surface area contributed by atoms with Gasteiger partial charge in [-0.15, -0.1) is 12.4 Å². The predicted molar refractivity (Wildman–Crippen MR) is 67.8 cm³/mol. The van der Waals surface area contributed by atoms with E-state index in [-0.39, 0.29) is 18.4 Å². The van der Waals surface area contributed by atoms with Gasteiger partial charge in [0.15, 0.2) is 5.29 Å². The first-order valence-electron chi connectivity index (χ1n) is 4.87. The topological polar surface area (TPSA) is 15.6 Å². The monoisotopic (exact) mass is 240 g/mol. The predicted octanol–water partition coefficient (Wildman–Crippen LogP) is 3.53. The fourth-order valence-electron chi connectivity index (χ4n) is 1.30. The van der Waals surface area contributed by atoms with E-state index in [1.54, 1.807) is 0 Å². The van der Waals surface area contributed by atoms with Crippen LogP contribution in [0.3, 0.4) is 0 Å². The van der Waals surface area contributed by atoms with Crippen molar-refractivity contribution >= 4 is 29.3 Å². The SMILES string of the molecule is CC(C)N=C(Cl)N(C(C)C)C(C)C.Cl. The van der Waals surface area contributed by atoms with Crippen LogP contribution in [0.5, 0.6) is 0 Å². The molecule has 14 heavy (non-hydrogen) atoms. The van der Waals surface area contributed by atoms with Gasteiger partial charge in [-0.2, -0.15) is 0 Å². The third kappa shape index (κ3) is 5.71. The summed E-state index contributed by atoms with van der Waals surface area (Å²) >= 11 is 6.11. The lowest BCUT2D eigenvalue weighted by molar-refractivity contribution is 0.296. The van der Waals surface area contributed by atoms with E-state index in [1.807, 2.05) is 13.8 Å². The molecule has 0 heterocycles. The first-order chi connectivity index (χ1) is 5.86. The minimum Gasteiger partial charge on any atom is -0.342 e. The second-order valence-electron chi connectivity index (χ2n) is 4.09. The molecule has 0 saturated heterocycles. The molecule has 0 unspecified atom stereocenters. The average Bonchev–Trinajstić information content (AvgIpc) is 1.81. The smallest absolute Gasteiger partial charge is 0.194 e. The summed E-state index contributed by atoms with van der Waals surface area (Å²) in [4.78, 5) is 6.44. The Balaban J connectivity index is 0. The summed E-state index contributed by atoms with van der Waals surface area (Å²) < 4.78 is 0. The van der Waals surface area contributed by atoms with Crippen molar-refractivity contribution in [1.29, 1.82) is 0 Å². The fourth-order valence-corrected chi connectivity index (χ4v) is 1.89. The van der Waals surface area contributed by atoms with E-state index in [0.29, 0.717) is 17.4 Å². The van der Waals surface area contributed by atoms with Crippen LogP contribution >= 0.6 is 24.0 Å². The number of nitrogens with zero attached hydrogens (tertiary/aromatic N) is 2. The van der Waals surface area contributed by atoms with Crippen LogP contribution in [-0.2, 0) is 0 Å². The van der Waals surface area contributed by atoms with Crippen molar-refractivity contribution < 1.29 is 0 Å². The fraction of sp³-hybridized carbons (Fsp3) is 0.900. The highest BCUT2D eigenvalue weighted by Crippen LogP contribution is 2.10. The van der Waals surface area contributed by atoms with E-state index in [9.17, 15) is 0 Å². The Morgan fingerprint density at radius 2 is 1.36 bits per heavy atom. The van der Waals surface area contributed by atoms with E-state index in [0.717, 1.165) is 0 Å². The zero-order valence-electron chi connectivity index (χ0n) is 9.91. The lowest BCUT2D eigenvalue weighted by atomic mass is 10.2. The molecule has 0 radical (unpaired) electrons. The number of hydrogen-bond donors (Lipinski definition) is 0. The van der Waals surface area contributed by atoms with Crippen molar-refractivity contribution in [2.75, 3.05) is 0 Å². The van der Waals surface area contributed by atoms with Gasteiger partial charge in [0.25, 0.3) is 0 Å². The molecule has 4 heteroatoms. The van der Waals surface area contributed by atoms with E-state index in [1.165, 1.54) is 0 Å². The van der Waals surface area contributed by atoms with Gasteiger partial charge >= 0.3 is 0 Å². The molecule has 0 bridgehead atoms. The van der Waals surface area contributed by atoms with Gasteiger partial charge in [-0.05, 0) is 53.1 Å². The van der Waals surface area contributed by atoms with Gasteiger partial charge in [-0.3, -0.25) is 4.99 Å². The first kappa shape index (κ1) is 16.5. The molecule has 0 aliphatic carbocycles. The summed E-state index contributed by atoms with van der Waals surface area (Å²) in [6.45, 7) is 12.6. The molecule has 2 nitrogen and oxygen atoms in total. The van der Waals surface area contributed by atoms with E-state index in [2.05, 4.69) is 37.6 Å². The van der Waals surface area contributed by atoms with Gasteiger partial charge in [0, 0.05) is 18.1 Å². The Morgan fingerprint density at radius 1 is 1.00 bits per heavy atom. The highest BCUT2D eigenvalue weighted by atomic mass is 35.5. The maximum atomic E-state index is 6.11. The maximum absolute atomic E-state index is 6.11. The van der Waals surface area contributed by atoms with Crippen LogP contribution in [0.1, 0.15) is 41.5 Å². The zero-order valence-corrected chi connectivity index (χ0v) is 11.5. The summed E-state index contributed by atoms with van der Waals surface area (Å²) in [5.74, 6) is 0. The first-order valence-corrected chi connectivity index (χ1v) is 5.25. The third-order valence-electron chi connectivity index (χ3n) is 1.69. The molecule has 0 saturated carbocycles. The lowest BCUT2D eigenvalue weighted by Gasteiger charge is -2.31. The Kier molecular flexibility index (Phi) is 8.66. The molecular weight excluding hydrogens is 219 g/mol. The van der Waals surface area contributed by atoms with Gasteiger partial charge in [-0.25, -0.2) is 0 Å². The highest BCUT2D eigenvalue weighted by Gasteiger charge is 2.16. The molecule has 0 aliphatic heterocycles. The number of hydrogen-bond acceptors (Lipinski definition) is 1. The number of rotatable bonds is 3. The summed E-state index contributed by atoms with van der Waals surface area (Å²) in [7, 11) is 0. The molecule has 0 aromatic heterocycles. The summed E-state index contributed by atoms with van der Waals surface area (Å²) in [5, 5.41) is 0.625. The van der Waals surface area contributed by atoms with Gasteiger partial charge in [0.2, 0.25) is 0 Å². The Hall–Kier alpha value is 0.0500. The number of aliphatic imine (C=N–C) groups is 1.